The van der Waals surface area contributed by atoms with Crippen molar-refractivity contribution in [3.05, 3.63) is 97.8 Å². The normalized spacial score (nSPS) is 12.0. The maximum atomic E-state index is 12.5. The smallest absolute Gasteiger partial charge is 0.268 e. The van der Waals surface area contributed by atoms with Crippen molar-refractivity contribution in [1.29, 1.82) is 0 Å². The molecule has 3 nitrogen and oxygen atoms in total. The van der Waals surface area contributed by atoms with Crippen molar-refractivity contribution in [3.63, 3.8) is 0 Å². The summed E-state index contributed by atoms with van der Waals surface area (Å²) in [5.74, 6) is 0.370. The van der Waals surface area contributed by atoms with E-state index in [0.717, 1.165) is 5.56 Å². The lowest BCUT2D eigenvalue weighted by molar-refractivity contribution is 0.285. The van der Waals surface area contributed by atoms with Gasteiger partial charge < -0.3 is 9.30 Å². The quantitative estimate of drug-likeness (QED) is 0.483. The molecule has 1 heterocycles. The maximum Gasteiger partial charge on any atom is 0.268 e. The van der Waals surface area contributed by atoms with E-state index in [0.29, 0.717) is 27.4 Å². The number of ether oxygens (including phenoxy) is 1. The lowest BCUT2D eigenvalue weighted by Crippen LogP contribution is -2.21. The minimum Gasteiger partial charge on any atom is -0.469 e. The first-order valence-corrected chi connectivity index (χ1v) is 9.15. The van der Waals surface area contributed by atoms with Crippen LogP contribution in [0.3, 0.4) is 0 Å². The molecule has 0 N–H and O–H groups in total. The summed E-state index contributed by atoms with van der Waals surface area (Å²) in [4.78, 5) is 12.5. The van der Waals surface area contributed by atoms with E-state index in [1.54, 1.807) is 29.0 Å². The summed E-state index contributed by atoms with van der Waals surface area (Å²) in [5.41, 5.74) is 0.696. The predicted molar refractivity (Wildman–Crippen MR) is 105 cm³/mol. The van der Waals surface area contributed by atoms with Gasteiger partial charge in [-0.25, -0.2) is 0 Å². The van der Waals surface area contributed by atoms with Gasteiger partial charge in [0, 0.05) is 16.8 Å². The number of alkyl halides is 1. The lowest BCUT2D eigenvalue weighted by atomic mass is 10.2. The molecular formula is C19H14BrCl2NO2. The molecule has 25 heavy (non-hydrogen) atoms. The molecule has 0 bridgehead atoms. The molecule has 6 heteroatoms. The number of rotatable bonds is 5. The van der Waals surface area contributed by atoms with Crippen molar-refractivity contribution in [3.8, 4) is 5.75 Å². The highest BCUT2D eigenvalue weighted by Gasteiger charge is 2.16. The van der Waals surface area contributed by atoms with Gasteiger partial charge in [-0.15, -0.1) is 0 Å². The molecule has 3 aromatic rings. The van der Waals surface area contributed by atoms with Crippen molar-refractivity contribution < 1.29 is 4.74 Å². The lowest BCUT2D eigenvalue weighted by Gasteiger charge is -2.16. The number of benzene rings is 2. The molecule has 128 valence electrons. The standard InChI is InChI=1S/C19H14BrCl2NO2/c20-17-16(25-18(22)14-8-4-5-9-15(14)21)10-11-23(19(17)24)12-13-6-2-1-3-7-13/h1-11,18H,12H2. The van der Waals surface area contributed by atoms with Crippen LogP contribution in [0.4, 0.5) is 0 Å². The molecule has 1 aromatic heterocycles. The third-order valence-corrected chi connectivity index (χ3v) is 5.05. The van der Waals surface area contributed by atoms with Crippen LogP contribution in [-0.2, 0) is 6.54 Å². The van der Waals surface area contributed by atoms with Crippen molar-refractivity contribution in [1.82, 2.24) is 4.57 Å². The Hall–Kier alpha value is -1.75. The topological polar surface area (TPSA) is 31.2 Å². The maximum absolute atomic E-state index is 12.5. The summed E-state index contributed by atoms with van der Waals surface area (Å²) < 4.78 is 7.64. The van der Waals surface area contributed by atoms with Gasteiger partial charge in [0.25, 0.3) is 5.56 Å². The molecule has 0 aliphatic carbocycles. The fourth-order valence-corrected chi connectivity index (χ4v) is 3.39. The molecule has 1 atom stereocenters. The van der Waals surface area contributed by atoms with Gasteiger partial charge in [0.1, 0.15) is 10.2 Å². The number of hydrogen-bond acceptors (Lipinski definition) is 2. The number of hydrogen-bond donors (Lipinski definition) is 0. The first-order valence-electron chi connectivity index (χ1n) is 7.54. The summed E-state index contributed by atoms with van der Waals surface area (Å²) in [5, 5.41) is 0.510. The van der Waals surface area contributed by atoms with Crippen LogP contribution in [0.1, 0.15) is 16.7 Å². The average Bonchev–Trinajstić information content (AvgIpc) is 2.62. The Morgan fingerprint density at radius 1 is 1.04 bits per heavy atom. The van der Waals surface area contributed by atoms with E-state index in [2.05, 4.69) is 15.9 Å². The van der Waals surface area contributed by atoms with Gasteiger partial charge in [0.2, 0.25) is 0 Å². The van der Waals surface area contributed by atoms with E-state index >= 15 is 0 Å². The van der Waals surface area contributed by atoms with Gasteiger partial charge in [-0.3, -0.25) is 4.79 Å². The van der Waals surface area contributed by atoms with Crippen molar-refractivity contribution in [2.24, 2.45) is 0 Å². The molecule has 0 saturated heterocycles. The number of pyridine rings is 1. The SMILES string of the molecule is O=c1c(Br)c(OC(Cl)c2ccccc2Cl)ccn1Cc1ccccc1. The third-order valence-electron chi connectivity index (χ3n) is 3.65. The molecule has 3 rings (SSSR count). The molecule has 0 amide bonds. The van der Waals surface area contributed by atoms with Crippen LogP contribution in [0.2, 0.25) is 5.02 Å². The summed E-state index contributed by atoms with van der Waals surface area (Å²) in [7, 11) is 0. The van der Waals surface area contributed by atoms with E-state index in [1.165, 1.54) is 0 Å². The fourth-order valence-electron chi connectivity index (χ4n) is 2.36. The van der Waals surface area contributed by atoms with Gasteiger partial charge in [-0.1, -0.05) is 71.7 Å². The van der Waals surface area contributed by atoms with Crippen LogP contribution in [0.5, 0.6) is 5.75 Å². The first-order chi connectivity index (χ1) is 12.1. The largest absolute Gasteiger partial charge is 0.469 e. The highest BCUT2D eigenvalue weighted by atomic mass is 79.9. The van der Waals surface area contributed by atoms with Crippen LogP contribution in [0.15, 0.2) is 76.1 Å². The van der Waals surface area contributed by atoms with Crippen LogP contribution >= 0.6 is 39.1 Å². The fraction of sp³-hybridized carbons (Fsp3) is 0.105. The highest BCUT2D eigenvalue weighted by molar-refractivity contribution is 9.10. The monoisotopic (exact) mass is 437 g/mol. The average molecular weight is 439 g/mol. The second kappa shape index (κ2) is 8.09. The Morgan fingerprint density at radius 3 is 2.44 bits per heavy atom. The minimum atomic E-state index is -0.797. The van der Waals surface area contributed by atoms with Gasteiger partial charge in [-0.05, 0) is 33.6 Å². The molecule has 0 spiro atoms. The number of halogens is 3. The van der Waals surface area contributed by atoms with E-state index in [9.17, 15) is 4.79 Å². The molecule has 0 fully saturated rings. The predicted octanol–water partition coefficient (Wildman–Crippen LogP) is 5.63. The Kier molecular flexibility index (Phi) is 5.84. The van der Waals surface area contributed by atoms with Crippen LogP contribution in [0, 0.1) is 0 Å². The first kappa shape index (κ1) is 18.1. The molecular weight excluding hydrogens is 425 g/mol. The van der Waals surface area contributed by atoms with Crippen molar-refractivity contribution in [2.45, 2.75) is 12.1 Å². The van der Waals surface area contributed by atoms with E-state index in [1.807, 2.05) is 42.5 Å². The van der Waals surface area contributed by atoms with Crippen molar-refractivity contribution in [2.75, 3.05) is 0 Å². The molecule has 0 radical (unpaired) electrons. The van der Waals surface area contributed by atoms with Crippen LogP contribution in [0.25, 0.3) is 0 Å². The third kappa shape index (κ3) is 4.27. The summed E-state index contributed by atoms with van der Waals surface area (Å²) in [6.45, 7) is 0.480. The zero-order chi connectivity index (χ0) is 17.8. The van der Waals surface area contributed by atoms with Gasteiger partial charge in [0.15, 0.2) is 5.56 Å². The minimum absolute atomic E-state index is 0.190. The molecule has 1 unspecified atom stereocenters. The Labute approximate surface area is 163 Å². The Balaban J connectivity index is 1.83. The highest BCUT2D eigenvalue weighted by Crippen LogP contribution is 2.32. The summed E-state index contributed by atoms with van der Waals surface area (Å²) in [6, 6.07) is 18.6. The van der Waals surface area contributed by atoms with Crippen molar-refractivity contribution >= 4 is 39.1 Å². The van der Waals surface area contributed by atoms with E-state index in [-0.39, 0.29) is 5.56 Å². The second-order valence-electron chi connectivity index (χ2n) is 5.37. The van der Waals surface area contributed by atoms with Gasteiger partial charge in [-0.2, -0.15) is 0 Å². The molecule has 0 aliphatic heterocycles. The molecule has 0 saturated carbocycles. The second-order valence-corrected chi connectivity index (χ2v) is 6.96. The van der Waals surface area contributed by atoms with E-state index in [4.69, 9.17) is 27.9 Å². The van der Waals surface area contributed by atoms with E-state index < -0.39 is 5.56 Å². The van der Waals surface area contributed by atoms with Gasteiger partial charge in [0.05, 0.1) is 6.54 Å². The van der Waals surface area contributed by atoms with Gasteiger partial charge >= 0.3 is 0 Å². The summed E-state index contributed by atoms with van der Waals surface area (Å²) >= 11 is 15.7. The zero-order valence-corrected chi connectivity index (χ0v) is 16.1. The Morgan fingerprint density at radius 2 is 1.72 bits per heavy atom. The molecule has 0 aliphatic rings. The Bertz CT molecular complexity index is 928. The summed E-state index contributed by atoms with van der Waals surface area (Å²) in [6.07, 6.45) is 1.69. The number of nitrogens with zero attached hydrogens (tertiary/aromatic N) is 1. The van der Waals surface area contributed by atoms with Crippen LogP contribution < -0.4 is 10.3 Å². The molecule has 2 aromatic carbocycles. The zero-order valence-electron chi connectivity index (χ0n) is 13.0. The van der Waals surface area contributed by atoms with Crippen LogP contribution in [-0.4, -0.2) is 4.57 Å². The number of aromatic nitrogens is 1.